The first-order chi connectivity index (χ1) is 15.8. The number of aromatic hydroxyl groups is 2. The van der Waals surface area contributed by atoms with Crippen molar-refractivity contribution in [2.24, 2.45) is 0 Å². The van der Waals surface area contributed by atoms with Crippen molar-refractivity contribution in [1.29, 1.82) is 0 Å². The van der Waals surface area contributed by atoms with Crippen molar-refractivity contribution in [3.8, 4) is 23.0 Å². The summed E-state index contributed by atoms with van der Waals surface area (Å²) in [4.78, 5) is 0. The molecule has 8 atom stereocenters. The molecule has 3 aliphatic heterocycles. The molecule has 11 nitrogen and oxygen atoms in total. The Kier molecular flexibility index (Phi) is 5.57. The van der Waals surface area contributed by atoms with Crippen molar-refractivity contribution in [3.63, 3.8) is 0 Å². The Morgan fingerprint density at radius 1 is 0.939 bits per heavy atom. The van der Waals surface area contributed by atoms with E-state index in [1.54, 1.807) is 12.1 Å². The van der Waals surface area contributed by atoms with E-state index in [1.165, 1.54) is 18.2 Å². The Balaban J connectivity index is 1.42. The van der Waals surface area contributed by atoms with Crippen LogP contribution in [0.25, 0.3) is 0 Å². The molecular formula is C22H24O11. The van der Waals surface area contributed by atoms with Gasteiger partial charge in [0.15, 0.2) is 17.6 Å². The van der Waals surface area contributed by atoms with Crippen LogP contribution in [0.15, 0.2) is 30.3 Å². The number of benzene rings is 2. The molecule has 178 valence electrons. The molecule has 3 aliphatic rings. The third-order valence-corrected chi connectivity index (χ3v) is 6.29. The monoisotopic (exact) mass is 464 g/mol. The van der Waals surface area contributed by atoms with Gasteiger partial charge in [0.05, 0.1) is 13.2 Å². The third kappa shape index (κ3) is 3.58. The first-order valence-corrected chi connectivity index (χ1v) is 10.4. The molecule has 0 aromatic heterocycles. The standard InChI is InChI=1S/C22H24O11/c23-6-14-17(27)18(28)19(29)22(33-14)31-8-1-2-10-13(5-8)32-20-9-3-4-12(24)15(25)11(9)7-30-21(20)16(10)26/h1-5,14,16-29H,6-7H2. The van der Waals surface area contributed by atoms with Gasteiger partial charge in [-0.2, -0.15) is 0 Å². The summed E-state index contributed by atoms with van der Waals surface area (Å²) in [5, 5.41) is 70.2. The molecule has 1 fully saturated rings. The van der Waals surface area contributed by atoms with Gasteiger partial charge in [0.25, 0.3) is 0 Å². The van der Waals surface area contributed by atoms with Crippen LogP contribution >= 0.6 is 0 Å². The number of ether oxygens (including phenoxy) is 4. The maximum Gasteiger partial charge on any atom is 0.229 e. The predicted molar refractivity (Wildman–Crippen MR) is 108 cm³/mol. The Hall–Kier alpha value is -2.64. The zero-order valence-electron chi connectivity index (χ0n) is 17.2. The van der Waals surface area contributed by atoms with Gasteiger partial charge in [0.1, 0.15) is 48.1 Å². The van der Waals surface area contributed by atoms with E-state index >= 15 is 0 Å². The summed E-state index contributed by atoms with van der Waals surface area (Å²) < 4.78 is 22.8. The minimum atomic E-state index is -1.59. The molecule has 2 aromatic rings. The second-order valence-corrected chi connectivity index (χ2v) is 8.27. The van der Waals surface area contributed by atoms with Crippen molar-refractivity contribution < 1.29 is 54.7 Å². The summed E-state index contributed by atoms with van der Waals surface area (Å²) in [6.07, 6.45) is -9.74. The largest absolute Gasteiger partial charge is 0.504 e. The fourth-order valence-electron chi connectivity index (χ4n) is 4.44. The van der Waals surface area contributed by atoms with E-state index < -0.39 is 55.6 Å². The molecule has 0 saturated carbocycles. The summed E-state index contributed by atoms with van der Waals surface area (Å²) in [7, 11) is 0. The SMILES string of the molecule is OCC1OC(Oc2ccc3c(c2)OC2c4ccc(O)c(O)c4COC2C3O)C(O)C(O)C1O. The normalized spacial score (nSPS) is 35.1. The van der Waals surface area contributed by atoms with Crippen molar-refractivity contribution >= 4 is 0 Å². The fraction of sp³-hybridized carbons (Fsp3) is 0.455. The Morgan fingerprint density at radius 2 is 1.70 bits per heavy atom. The molecule has 2 aromatic carbocycles. The molecule has 11 heteroatoms. The minimum Gasteiger partial charge on any atom is -0.504 e. The highest BCUT2D eigenvalue weighted by molar-refractivity contribution is 5.52. The highest BCUT2D eigenvalue weighted by Crippen LogP contribution is 2.49. The van der Waals surface area contributed by atoms with E-state index in [4.69, 9.17) is 18.9 Å². The highest BCUT2D eigenvalue weighted by Gasteiger charge is 2.46. The lowest BCUT2D eigenvalue weighted by Gasteiger charge is -2.41. The lowest BCUT2D eigenvalue weighted by Crippen LogP contribution is -2.60. The van der Waals surface area contributed by atoms with E-state index in [0.29, 0.717) is 16.7 Å². The summed E-state index contributed by atoms with van der Waals surface area (Å²) >= 11 is 0. The topological polar surface area (TPSA) is 179 Å². The number of phenols is 2. The number of fused-ring (bicyclic) bond motifs is 4. The molecule has 7 N–H and O–H groups in total. The van der Waals surface area contributed by atoms with Gasteiger partial charge in [-0.25, -0.2) is 0 Å². The van der Waals surface area contributed by atoms with Gasteiger partial charge in [0, 0.05) is 22.8 Å². The molecule has 0 amide bonds. The van der Waals surface area contributed by atoms with Crippen LogP contribution in [0.1, 0.15) is 28.9 Å². The number of hydrogen-bond donors (Lipinski definition) is 7. The van der Waals surface area contributed by atoms with Crippen LogP contribution in [0.2, 0.25) is 0 Å². The van der Waals surface area contributed by atoms with Crippen LogP contribution in [0.4, 0.5) is 0 Å². The number of rotatable bonds is 3. The van der Waals surface area contributed by atoms with Crippen molar-refractivity contribution in [3.05, 3.63) is 47.0 Å². The summed E-state index contributed by atoms with van der Waals surface area (Å²) in [6.45, 7) is -0.597. The first kappa shape index (κ1) is 22.2. The molecular weight excluding hydrogens is 440 g/mol. The van der Waals surface area contributed by atoms with E-state index in [-0.39, 0.29) is 29.6 Å². The summed E-state index contributed by atoms with van der Waals surface area (Å²) in [6, 6.07) is 7.46. The smallest absolute Gasteiger partial charge is 0.229 e. The Morgan fingerprint density at radius 3 is 2.45 bits per heavy atom. The molecule has 3 heterocycles. The number of aliphatic hydroxyl groups is 5. The van der Waals surface area contributed by atoms with Crippen molar-refractivity contribution in [1.82, 2.24) is 0 Å². The van der Waals surface area contributed by atoms with Gasteiger partial charge in [-0.3, -0.25) is 0 Å². The minimum absolute atomic E-state index is 0.00914. The van der Waals surface area contributed by atoms with Crippen LogP contribution in [0.3, 0.4) is 0 Å². The zero-order valence-corrected chi connectivity index (χ0v) is 17.2. The molecule has 8 unspecified atom stereocenters. The Bertz CT molecular complexity index is 1040. The van der Waals surface area contributed by atoms with Gasteiger partial charge in [-0.15, -0.1) is 0 Å². The number of hydrogen-bond acceptors (Lipinski definition) is 11. The van der Waals surface area contributed by atoms with E-state index in [9.17, 15) is 35.7 Å². The van der Waals surface area contributed by atoms with Crippen molar-refractivity contribution in [2.75, 3.05) is 6.61 Å². The molecule has 5 rings (SSSR count). The quantitative estimate of drug-likeness (QED) is 0.287. The molecule has 0 spiro atoms. The average Bonchev–Trinajstić information content (AvgIpc) is 2.81. The lowest BCUT2D eigenvalue weighted by molar-refractivity contribution is -0.277. The van der Waals surface area contributed by atoms with Crippen LogP contribution in [0, 0.1) is 0 Å². The number of aliphatic hydroxyl groups excluding tert-OH is 5. The molecule has 1 saturated heterocycles. The lowest BCUT2D eigenvalue weighted by atomic mass is 9.87. The maximum atomic E-state index is 10.9. The van der Waals surface area contributed by atoms with Gasteiger partial charge in [-0.1, -0.05) is 6.07 Å². The van der Waals surface area contributed by atoms with Crippen LogP contribution in [-0.2, 0) is 16.1 Å². The van der Waals surface area contributed by atoms with Gasteiger partial charge >= 0.3 is 0 Å². The fourth-order valence-corrected chi connectivity index (χ4v) is 4.44. The zero-order chi connectivity index (χ0) is 23.4. The van der Waals surface area contributed by atoms with Gasteiger partial charge < -0.3 is 54.7 Å². The van der Waals surface area contributed by atoms with Crippen molar-refractivity contribution in [2.45, 2.75) is 55.6 Å². The molecule has 0 aliphatic carbocycles. The molecule has 0 bridgehead atoms. The second-order valence-electron chi connectivity index (χ2n) is 8.27. The summed E-state index contributed by atoms with van der Waals surface area (Å²) in [5.74, 6) is -0.165. The summed E-state index contributed by atoms with van der Waals surface area (Å²) in [5.41, 5.74) is 1.36. The highest BCUT2D eigenvalue weighted by atomic mass is 16.7. The second kappa shape index (κ2) is 8.29. The predicted octanol–water partition coefficient (Wildman–Crippen LogP) is -0.658. The van der Waals surface area contributed by atoms with Gasteiger partial charge in [-0.05, 0) is 18.2 Å². The average molecular weight is 464 g/mol. The van der Waals surface area contributed by atoms with Gasteiger partial charge in [0.2, 0.25) is 6.29 Å². The molecule has 0 radical (unpaired) electrons. The van der Waals surface area contributed by atoms with Crippen LogP contribution in [0.5, 0.6) is 23.0 Å². The number of phenolic OH excluding ortho intramolecular Hbond substituents is 2. The maximum absolute atomic E-state index is 10.9. The van der Waals surface area contributed by atoms with Crippen LogP contribution < -0.4 is 9.47 Å². The van der Waals surface area contributed by atoms with E-state index in [0.717, 1.165) is 0 Å². The first-order valence-electron chi connectivity index (χ1n) is 10.4. The van der Waals surface area contributed by atoms with Crippen LogP contribution in [-0.4, -0.2) is 79.2 Å². The molecule has 33 heavy (non-hydrogen) atoms. The van der Waals surface area contributed by atoms with E-state index in [2.05, 4.69) is 0 Å². The Labute approximate surface area is 187 Å². The third-order valence-electron chi connectivity index (χ3n) is 6.29. The van der Waals surface area contributed by atoms with E-state index in [1.807, 2.05) is 0 Å².